The molecule has 0 radical (unpaired) electrons. The van der Waals surface area contributed by atoms with Crippen molar-refractivity contribution in [2.45, 2.75) is 31.5 Å². The Balaban J connectivity index is 1.91. The van der Waals surface area contributed by atoms with Crippen molar-refractivity contribution in [1.82, 2.24) is 4.90 Å². The van der Waals surface area contributed by atoms with Crippen LogP contribution in [0.3, 0.4) is 0 Å². The molecule has 4 rings (SSSR count). The van der Waals surface area contributed by atoms with E-state index in [2.05, 4.69) is 53.4 Å². The number of hydrogen-bond acceptors (Lipinski definition) is 2. The van der Waals surface area contributed by atoms with E-state index in [4.69, 9.17) is 0 Å². The fraction of sp³-hybridized carbons (Fsp3) is 0.333. The molecule has 0 aromatic heterocycles. The highest BCUT2D eigenvalue weighted by atomic mass is 16.3. The predicted octanol–water partition coefficient (Wildman–Crippen LogP) is 2.90. The Bertz CT molecular complexity index is 587. The third-order valence-electron chi connectivity index (χ3n) is 4.81. The number of rotatable bonds is 2. The maximum absolute atomic E-state index is 9.44. The number of hydrogen-bond donors (Lipinski definition) is 1. The molecule has 102 valence electrons. The molecule has 2 aromatic carbocycles. The van der Waals surface area contributed by atoms with E-state index in [1.807, 2.05) is 0 Å². The van der Waals surface area contributed by atoms with Gasteiger partial charge in [0.15, 0.2) is 0 Å². The van der Waals surface area contributed by atoms with Crippen molar-refractivity contribution in [2.24, 2.45) is 0 Å². The number of aliphatic hydroxyl groups is 1. The molecule has 0 spiro atoms. The Hall–Kier alpha value is -1.64. The zero-order valence-corrected chi connectivity index (χ0v) is 11.5. The summed E-state index contributed by atoms with van der Waals surface area (Å²) >= 11 is 0. The minimum absolute atomic E-state index is 0.266. The van der Waals surface area contributed by atoms with Crippen molar-refractivity contribution >= 4 is 0 Å². The standard InChI is InChI=1S/C18H19NO/c20-10-9-17-18-15-7-3-1-5-13(15)11-19(17)12-14-6-2-4-8-16(14)18/h1-8,17-18,20H,9-12H2. The van der Waals surface area contributed by atoms with Crippen LogP contribution in [0.5, 0.6) is 0 Å². The molecule has 2 nitrogen and oxygen atoms in total. The van der Waals surface area contributed by atoms with Crippen LogP contribution in [0.1, 0.15) is 34.6 Å². The molecule has 0 fully saturated rings. The van der Waals surface area contributed by atoms with Crippen LogP contribution in [-0.4, -0.2) is 22.7 Å². The molecule has 2 bridgehead atoms. The molecule has 2 aliphatic rings. The van der Waals surface area contributed by atoms with E-state index >= 15 is 0 Å². The summed E-state index contributed by atoms with van der Waals surface area (Å²) in [5.74, 6) is 0.414. The summed E-state index contributed by atoms with van der Waals surface area (Å²) in [6.07, 6.45) is 0.854. The minimum atomic E-state index is 0.266. The second-order valence-electron chi connectivity index (χ2n) is 5.86. The Kier molecular flexibility index (Phi) is 2.86. The van der Waals surface area contributed by atoms with Crippen molar-refractivity contribution in [3.63, 3.8) is 0 Å². The van der Waals surface area contributed by atoms with Gasteiger partial charge in [0.05, 0.1) is 0 Å². The third kappa shape index (κ3) is 1.72. The van der Waals surface area contributed by atoms with Gasteiger partial charge in [0.1, 0.15) is 0 Å². The molecule has 0 aliphatic carbocycles. The average molecular weight is 265 g/mol. The molecular formula is C18H19NO. The van der Waals surface area contributed by atoms with Crippen LogP contribution in [-0.2, 0) is 13.1 Å². The van der Waals surface area contributed by atoms with E-state index in [-0.39, 0.29) is 6.61 Å². The van der Waals surface area contributed by atoms with Gasteiger partial charge in [-0.1, -0.05) is 48.5 Å². The van der Waals surface area contributed by atoms with Crippen LogP contribution in [0.15, 0.2) is 48.5 Å². The van der Waals surface area contributed by atoms with Gasteiger partial charge >= 0.3 is 0 Å². The van der Waals surface area contributed by atoms with Gasteiger partial charge in [0.25, 0.3) is 0 Å². The van der Waals surface area contributed by atoms with E-state index < -0.39 is 0 Å². The summed E-state index contributed by atoms with van der Waals surface area (Å²) in [7, 11) is 0. The number of fused-ring (bicyclic) bond motifs is 6. The van der Waals surface area contributed by atoms with Gasteiger partial charge < -0.3 is 5.11 Å². The molecule has 1 N–H and O–H groups in total. The highest BCUT2D eigenvalue weighted by Gasteiger charge is 2.39. The first-order chi connectivity index (χ1) is 9.88. The van der Waals surface area contributed by atoms with E-state index in [0.29, 0.717) is 12.0 Å². The van der Waals surface area contributed by atoms with Gasteiger partial charge in [-0.15, -0.1) is 0 Å². The van der Waals surface area contributed by atoms with Gasteiger partial charge in [-0.3, -0.25) is 4.90 Å². The Morgan fingerprint density at radius 1 is 0.900 bits per heavy atom. The summed E-state index contributed by atoms with van der Waals surface area (Å²) in [6.45, 7) is 2.28. The summed E-state index contributed by atoms with van der Waals surface area (Å²) in [4.78, 5) is 2.53. The van der Waals surface area contributed by atoms with Gasteiger partial charge in [-0.25, -0.2) is 0 Å². The lowest BCUT2D eigenvalue weighted by Crippen LogP contribution is -2.47. The summed E-state index contributed by atoms with van der Waals surface area (Å²) in [6, 6.07) is 18.0. The van der Waals surface area contributed by atoms with Crippen molar-refractivity contribution in [2.75, 3.05) is 6.61 Å². The number of aliphatic hydroxyl groups excluding tert-OH is 1. The zero-order chi connectivity index (χ0) is 13.5. The first kappa shape index (κ1) is 12.1. The van der Waals surface area contributed by atoms with Crippen molar-refractivity contribution < 1.29 is 5.11 Å². The monoisotopic (exact) mass is 265 g/mol. The zero-order valence-electron chi connectivity index (χ0n) is 11.5. The molecule has 1 unspecified atom stereocenters. The smallest absolute Gasteiger partial charge is 0.0446 e. The molecule has 2 heterocycles. The average Bonchev–Trinajstić information content (AvgIpc) is 2.48. The van der Waals surface area contributed by atoms with Gasteiger partial charge in [-0.2, -0.15) is 0 Å². The van der Waals surface area contributed by atoms with E-state index in [9.17, 15) is 5.11 Å². The molecular weight excluding hydrogens is 246 g/mol. The normalized spacial score (nSPS) is 26.8. The predicted molar refractivity (Wildman–Crippen MR) is 79.5 cm³/mol. The summed E-state index contributed by atoms with van der Waals surface area (Å²) < 4.78 is 0. The van der Waals surface area contributed by atoms with Crippen LogP contribution >= 0.6 is 0 Å². The maximum atomic E-state index is 9.44. The second-order valence-corrected chi connectivity index (χ2v) is 5.86. The van der Waals surface area contributed by atoms with Crippen molar-refractivity contribution in [3.05, 3.63) is 70.8 Å². The minimum Gasteiger partial charge on any atom is -0.396 e. The molecule has 20 heavy (non-hydrogen) atoms. The molecule has 2 heteroatoms. The topological polar surface area (TPSA) is 23.5 Å². The molecule has 0 amide bonds. The highest BCUT2D eigenvalue weighted by molar-refractivity contribution is 5.47. The van der Waals surface area contributed by atoms with E-state index in [0.717, 1.165) is 19.5 Å². The fourth-order valence-electron chi connectivity index (χ4n) is 3.97. The number of nitrogens with zero attached hydrogens (tertiary/aromatic N) is 1. The third-order valence-corrected chi connectivity index (χ3v) is 4.81. The lowest BCUT2D eigenvalue weighted by atomic mass is 9.73. The Morgan fingerprint density at radius 2 is 1.45 bits per heavy atom. The lowest BCUT2D eigenvalue weighted by molar-refractivity contribution is 0.104. The summed E-state index contributed by atoms with van der Waals surface area (Å²) in [5.41, 5.74) is 5.80. The second kappa shape index (κ2) is 4.72. The summed E-state index contributed by atoms with van der Waals surface area (Å²) in [5, 5.41) is 9.44. The van der Waals surface area contributed by atoms with Crippen LogP contribution in [0, 0.1) is 0 Å². The van der Waals surface area contributed by atoms with Crippen molar-refractivity contribution in [3.8, 4) is 0 Å². The Labute approximate surface area is 119 Å². The van der Waals surface area contributed by atoms with Gasteiger partial charge in [-0.05, 0) is 28.7 Å². The first-order valence-electron chi connectivity index (χ1n) is 7.39. The number of benzene rings is 2. The van der Waals surface area contributed by atoms with Crippen LogP contribution in [0.4, 0.5) is 0 Å². The largest absolute Gasteiger partial charge is 0.396 e. The molecule has 2 aromatic rings. The Morgan fingerprint density at radius 3 is 2.00 bits per heavy atom. The highest BCUT2D eigenvalue weighted by Crippen LogP contribution is 2.44. The quantitative estimate of drug-likeness (QED) is 0.902. The molecule has 0 saturated heterocycles. The van der Waals surface area contributed by atoms with Gasteiger partial charge in [0.2, 0.25) is 0 Å². The lowest BCUT2D eigenvalue weighted by Gasteiger charge is -2.47. The van der Waals surface area contributed by atoms with Crippen LogP contribution in [0.25, 0.3) is 0 Å². The van der Waals surface area contributed by atoms with Gasteiger partial charge in [0, 0.05) is 31.7 Å². The first-order valence-corrected chi connectivity index (χ1v) is 7.39. The molecule has 2 aliphatic heterocycles. The van der Waals surface area contributed by atoms with Crippen molar-refractivity contribution in [1.29, 1.82) is 0 Å². The maximum Gasteiger partial charge on any atom is 0.0446 e. The van der Waals surface area contributed by atoms with E-state index in [1.165, 1.54) is 22.3 Å². The fourth-order valence-corrected chi connectivity index (χ4v) is 3.97. The van der Waals surface area contributed by atoms with Crippen LogP contribution < -0.4 is 0 Å². The van der Waals surface area contributed by atoms with Crippen LogP contribution in [0.2, 0.25) is 0 Å². The molecule has 1 atom stereocenters. The molecule has 0 saturated carbocycles. The SMILES string of the molecule is OCCC1C2c3ccccc3CN1Cc1ccccc12. The van der Waals surface area contributed by atoms with E-state index in [1.54, 1.807) is 0 Å².